The van der Waals surface area contributed by atoms with Crippen molar-refractivity contribution in [1.82, 2.24) is 15.0 Å². The summed E-state index contributed by atoms with van der Waals surface area (Å²) in [6.07, 6.45) is 2.67. The highest BCUT2D eigenvalue weighted by molar-refractivity contribution is 5.84. The first-order valence-corrected chi connectivity index (χ1v) is 6.53. The van der Waals surface area contributed by atoms with Crippen LogP contribution in [-0.4, -0.2) is 28.1 Å². The minimum absolute atomic E-state index is 0.678. The van der Waals surface area contributed by atoms with Gasteiger partial charge in [-0.1, -0.05) is 30.3 Å². The average Bonchev–Trinajstić information content (AvgIpc) is 2.91. The van der Waals surface area contributed by atoms with E-state index in [1.807, 2.05) is 36.7 Å². The number of carbonyl (C=O) groups excluding carboxylic acids is 1. The number of carbonyl (C=O) groups is 1. The van der Waals surface area contributed by atoms with Crippen LogP contribution in [0.15, 0.2) is 54.9 Å². The first-order valence-electron chi connectivity index (χ1n) is 6.53. The lowest BCUT2D eigenvalue weighted by Crippen LogP contribution is -1.97. The smallest absolute Gasteiger partial charge is 0.150 e. The molecule has 3 rings (SSSR count). The summed E-state index contributed by atoms with van der Waals surface area (Å²) in [5.41, 5.74) is 5.55. The van der Waals surface area contributed by atoms with Crippen molar-refractivity contribution in [3.05, 3.63) is 66.0 Å². The number of benzene rings is 2. The van der Waals surface area contributed by atoms with Crippen LogP contribution in [0.3, 0.4) is 0 Å². The number of aromatic nitrogens is 2. The van der Waals surface area contributed by atoms with Crippen molar-refractivity contribution in [2.45, 2.75) is 6.54 Å². The van der Waals surface area contributed by atoms with Gasteiger partial charge in [0.15, 0.2) is 0 Å². The lowest BCUT2D eigenvalue weighted by atomic mass is 10.2. The Morgan fingerprint density at radius 3 is 2.62 bits per heavy atom. The molecule has 1 heterocycles. The molecule has 3 aromatic rings. The van der Waals surface area contributed by atoms with Crippen LogP contribution in [-0.2, 0) is 6.54 Å². The normalized spacial score (nSPS) is 10.0. The summed E-state index contributed by atoms with van der Waals surface area (Å²) >= 11 is 0. The van der Waals surface area contributed by atoms with Gasteiger partial charge in [-0.3, -0.25) is 4.79 Å². The summed E-state index contributed by atoms with van der Waals surface area (Å²) in [6.45, 7) is 0.764. The second kappa shape index (κ2) is 7.33. The molecule has 0 unspecified atom stereocenters. The van der Waals surface area contributed by atoms with Crippen molar-refractivity contribution < 1.29 is 10.0 Å². The minimum atomic E-state index is 0.678. The predicted octanol–water partition coefficient (Wildman–Crippen LogP) is 2.49. The van der Waals surface area contributed by atoms with E-state index in [9.17, 15) is 4.79 Å². The maximum atomic E-state index is 10.8. The van der Waals surface area contributed by atoms with Gasteiger partial charge in [0.25, 0.3) is 0 Å². The molecule has 5 nitrogen and oxygen atoms in total. The number of aldehydes is 1. The Morgan fingerprint density at radius 1 is 1.24 bits per heavy atom. The van der Waals surface area contributed by atoms with Crippen molar-refractivity contribution in [2.24, 2.45) is 0 Å². The van der Waals surface area contributed by atoms with Gasteiger partial charge < -0.3 is 9.77 Å². The molecule has 0 bridgehead atoms. The van der Waals surface area contributed by atoms with Crippen LogP contribution in [0, 0.1) is 0 Å². The number of hydrogen-bond acceptors (Lipinski definition) is 4. The van der Waals surface area contributed by atoms with E-state index in [-0.39, 0.29) is 0 Å². The lowest BCUT2D eigenvalue weighted by Gasteiger charge is -2.04. The van der Waals surface area contributed by atoms with E-state index in [0.717, 1.165) is 23.9 Å². The van der Waals surface area contributed by atoms with E-state index >= 15 is 0 Å². The average molecular weight is 283 g/mol. The summed E-state index contributed by atoms with van der Waals surface area (Å²) in [5, 5.41) is 7.32. The monoisotopic (exact) mass is 283 g/mol. The Balaban J connectivity index is 0.000000497. The Bertz CT molecular complexity index is 708. The molecule has 5 heteroatoms. The van der Waals surface area contributed by atoms with E-state index < -0.39 is 0 Å². The quantitative estimate of drug-likeness (QED) is 0.572. The molecule has 0 fully saturated rings. The molecular formula is C16H17N3O2. The highest BCUT2D eigenvalue weighted by Crippen LogP contribution is 2.15. The molecule has 0 saturated heterocycles. The zero-order valence-corrected chi connectivity index (χ0v) is 11.7. The highest BCUT2D eigenvalue weighted by atomic mass is 16.5. The third-order valence-corrected chi connectivity index (χ3v) is 2.98. The van der Waals surface area contributed by atoms with Gasteiger partial charge in [-0.05, 0) is 23.8 Å². The molecule has 0 spiro atoms. The van der Waals surface area contributed by atoms with Crippen LogP contribution < -0.4 is 5.48 Å². The maximum absolute atomic E-state index is 10.8. The molecule has 0 aliphatic carbocycles. The summed E-state index contributed by atoms with van der Waals surface area (Å²) < 4.78 is 2.05. The van der Waals surface area contributed by atoms with E-state index in [1.165, 1.54) is 12.6 Å². The van der Waals surface area contributed by atoms with E-state index in [0.29, 0.717) is 5.56 Å². The van der Waals surface area contributed by atoms with E-state index in [1.54, 1.807) is 11.5 Å². The Morgan fingerprint density at radius 2 is 1.95 bits per heavy atom. The third kappa shape index (κ3) is 3.75. The second-order valence-electron chi connectivity index (χ2n) is 4.45. The summed E-state index contributed by atoms with van der Waals surface area (Å²) in [6, 6.07) is 15.7. The van der Waals surface area contributed by atoms with Gasteiger partial charge in [0.05, 0.1) is 17.4 Å². The number of hydroxylamine groups is 1. The molecule has 0 aliphatic rings. The van der Waals surface area contributed by atoms with Gasteiger partial charge in [-0.15, -0.1) is 0 Å². The fourth-order valence-corrected chi connectivity index (χ4v) is 2.05. The zero-order valence-electron chi connectivity index (χ0n) is 11.7. The topological polar surface area (TPSA) is 67.2 Å². The number of imidazole rings is 1. The van der Waals surface area contributed by atoms with Crippen LogP contribution in [0.25, 0.3) is 11.0 Å². The molecule has 0 amide bonds. The molecule has 0 radical (unpaired) electrons. The number of hydrogen-bond donors (Lipinski definition) is 2. The molecule has 2 aromatic carbocycles. The molecule has 108 valence electrons. The first-order chi connectivity index (χ1) is 10.3. The number of nitrogens with zero attached hydrogens (tertiary/aromatic N) is 2. The molecule has 0 saturated carbocycles. The molecular weight excluding hydrogens is 266 g/mol. The largest absolute Gasteiger partial charge is 0.326 e. The van der Waals surface area contributed by atoms with Crippen LogP contribution in [0.5, 0.6) is 0 Å². The molecule has 1 aromatic heterocycles. The van der Waals surface area contributed by atoms with Gasteiger partial charge in [0.1, 0.15) is 6.29 Å². The zero-order chi connectivity index (χ0) is 15.1. The summed E-state index contributed by atoms with van der Waals surface area (Å²) in [4.78, 5) is 15.1. The SMILES string of the molecule is CNO.O=Cc1ccc2ncn(Cc3ccccc3)c2c1. The van der Waals surface area contributed by atoms with E-state index in [2.05, 4.69) is 21.7 Å². The van der Waals surface area contributed by atoms with Crippen molar-refractivity contribution in [3.8, 4) is 0 Å². The number of nitrogens with one attached hydrogen (secondary N) is 1. The molecule has 0 atom stereocenters. The third-order valence-electron chi connectivity index (χ3n) is 2.98. The van der Waals surface area contributed by atoms with Crippen LogP contribution in [0.4, 0.5) is 0 Å². The second-order valence-corrected chi connectivity index (χ2v) is 4.45. The summed E-state index contributed by atoms with van der Waals surface area (Å²) in [5.74, 6) is 0. The van der Waals surface area contributed by atoms with E-state index in [4.69, 9.17) is 5.21 Å². The molecule has 21 heavy (non-hydrogen) atoms. The predicted molar refractivity (Wildman–Crippen MR) is 81.5 cm³/mol. The Labute approximate surface area is 122 Å². The fourth-order valence-electron chi connectivity index (χ4n) is 2.05. The van der Waals surface area contributed by atoms with Gasteiger partial charge in [-0.2, -0.15) is 0 Å². The van der Waals surface area contributed by atoms with Gasteiger partial charge >= 0.3 is 0 Å². The van der Waals surface area contributed by atoms with Crippen LogP contribution in [0.2, 0.25) is 0 Å². The van der Waals surface area contributed by atoms with Crippen molar-refractivity contribution in [1.29, 1.82) is 0 Å². The molecule has 0 aliphatic heterocycles. The van der Waals surface area contributed by atoms with Gasteiger partial charge in [-0.25, -0.2) is 10.5 Å². The number of rotatable bonds is 3. The van der Waals surface area contributed by atoms with Crippen molar-refractivity contribution in [3.63, 3.8) is 0 Å². The van der Waals surface area contributed by atoms with Gasteiger partial charge in [0, 0.05) is 19.2 Å². The summed E-state index contributed by atoms with van der Waals surface area (Å²) in [7, 11) is 1.43. The molecule has 2 N–H and O–H groups in total. The van der Waals surface area contributed by atoms with Gasteiger partial charge in [0.2, 0.25) is 0 Å². The highest BCUT2D eigenvalue weighted by Gasteiger charge is 2.04. The lowest BCUT2D eigenvalue weighted by molar-refractivity contribution is 0.112. The Hall–Kier alpha value is -2.50. The fraction of sp³-hybridized carbons (Fsp3) is 0.125. The maximum Gasteiger partial charge on any atom is 0.150 e. The van der Waals surface area contributed by atoms with Crippen molar-refractivity contribution in [2.75, 3.05) is 7.05 Å². The van der Waals surface area contributed by atoms with Crippen LogP contribution in [0.1, 0.15) is 15.9 Å². The van der Waals surface area contributed by atoms with Crippen LogP contribution >= 0.6 is 0 Å². The minimum Gasteiger partial charge on any atom is -0.326 e. The van der Waals surface area contributed by atoms with Crippen molar-refractivity contribution >= 4 is 17.3 Å². The Kier molecular flexibility index (Phi) is 5.20. The standard InChI is InChI=1S/C15H12N2O.CH5NO/c18-10-13-6-7-14-15(8-13)17(11-16-14)9-12-4-2-1-3-5-12;1-2-3/h1-8,10-11H,9H2;2-3H,1H3. The number of fused-ring (bicyclic) bond motifs is 1. The first kappa shape index (κ1) is 14.9.